The number of rotatable bonds is 6. The Hall–Kier alpha value is -3.31. The number of hydrogen-bond acceptors (Lipinski definition) is 7. The molecule has 0 aliphatic heterocycles. The molecule has 1 aliphatic rings. The van der Waals surface area contributed by atoms with Gasteiger partial charge in [0.1, 0.15) is 16.3 Å². The second-order valence-electron chi connectivity index (χ2n) is 10.3. The van der Waals surface area contributed by atoms with Crippen molar-refractivity contribution in [2.45, 2.75) is 58.7 Å². The molecule has 3 N–H and O–H groups in total. The fourth-order valence-electron chi connectivity index (χ4n) is 4.94. The molecule has 0 saturated heterocycles. The van der Waals surface area contributed by atoms with Crippen LogP contribution in [-0.4, -0.2) is 31.1 Å². The lowest BCUT2D eigenvalue weighted by Crippen LogP contribution is -2.44. The van der Waals surface area contributed by atoms with Crippen molar-refractivity contribution in [1.29, 1.82) is 0 Å². The molecular formula is C27H29F3N4O3S. The summed E-state index contributed by atoms with van der Waals surface area (Å²) in [6, 6.07) is 6.32. The Balaban J connectivity index is 1.68. The van der Waals surface area contributed by atoms with Gasteiger partial charge in [0.15, 0.2) is 0 Å². The third-order valence-electron chi connectivity index (χ3n) is 7.05. The third kappa shape index (κ3) is 5.73. The number of halogens is 3. The largest absolute Gasteiger partial charge is 0.481 e. The quantitative estimate of drug-likeness (QED) is 0.309. The summed E-state index contributed by atoms with van der Waals surface area (Å²) in [4.78, 5) is 24.5. The van der Waals surface area contributed by atoms with Gasteiger partial charge in [-0.15, -0.1) is 11.3 Å². The second-order valence-corrected chi connectivity index (χ2v) is 11.3. The molecule has 2 atom stereocenters. The molecule has 1 aromatic carbocycles. The lowest BCUT2D eigenvalue weighted by atomic mass is 9.63. The predicted octanol–water partition coefficient (Wildman–Crippen LogP) is 6.88. The number of hydrogen-bond donors (Lipinski definition) is 3. The Morgan fingerprint density at radius 1 is 1.24 bits per heavy atom. The molecule has 1 aliphatic carbocycles. The first-order chi connectivity index (χ1) is 17.7. The van der Waals surface area contributed by atoms with E-state index in [4.69, 9.17) is 0 Å². The van der Waals surface area contributed by atoms with Gasteiger partial charge in [-0.25, -0.2) is 15.0 Å². The summed E-state index contributed by atoms with van der Waals surface area (Å²) in [5.74, 6) is -1.59. The average molecular weight is 547 g/mol. The number of allylic oxidation sites excluding steroid dienone is 2. The summed E-state index contributed by atoms with van der Waals surface area (Å²) in [6.45, 7) is 7.51. The Morgan fingerprint density at radius 3 is 2.61 bits per heavy atom. The van der Waals surface area contributed by atoms with Gasteiger partial charge in [0.05, 0.1) is 10.8 Å². The zero-order valence-corrected chi connectivity index (χ0v) is 22.2. The number of aromatic nitrogens is 3. The molecule has 0 spiro atoms. The van der Waals surface area contributed by atoms with Crippen molar-refractivity contribution in [3.05, 3.63) is 59.0 Å². The molecule has 7 nitrogen and oxygen atoms in total. The summed E-state index contributed by atoms with van der Waals surface area (Å²) in [7, 11) is 0. The Morgan fingerprint density at radius 2 is 1.97 bits per heavy atom. The van der Waals surface area contributed by atoms with Crippen molar-refractivity contribution < 1.29 is 28.2 Å². The number of benzene rings is 1. The molecule has 0 radical (unpaired) electrons. The molecule has 11 heteroatoms. The fourth-order valence-corrected chi connectivity index (χ4v) is 5.96. The van der Waals surface area contributed by atoms with E-state index in [9.17, 15) is 28.2 Å². The van der Waals surface area contributed by atoms with Crippen molar-refractivity contribution in [2.75, 3.05) is 5.32 Å². The van der Waals surface area contributed by atoms with Gasteiger partial charge in [-0.2, -0.15) is 13.2 Å². The van der Waals surface area contributed by atoms with Gasteiger partial charge in [-0.3, -0.25) is 4.79 Å². The maximum Gasteiger partial charge on any atom is 0.433 e. The summed E-state index contributed by atoms with van der Waals surface area (Å²) in [5.41, 5.74) is 0.140. The molecule has 2 heterocycles. The Labute approximate surface area is 222 Å². The highest BCUT2D eigenvalue weighted by Crippen LogP contribution is 2.51. The number of anilines is 2. The van der Waals surface area contributed by atoms with Gasteiger partial charge < -0.3 is 15.5 Å². The molecule has 1 fully saturated rings. The summed E-state index contributed by atoms with van der Waals surface area (Å²) in [5, 5.41) is 24.4. The minimum absolute atomic E-state index is 0.183. The number of alkyl halides is 3. The van der Waals surface area contributed by atoms with E-state index < -0.39 is 34.8 Å². The van der Waals surface area contributed by atoms with Crippen LogP contribution in [0.4, 0.5) is 24.8 Å². The van der Waals surface area contributed by atoms with Crippen molar-refractivity contribution in [1.82, 2.24) is 15.0 Å². The smallest absolute Gasteiger partial charge is 0.433 e. The fraction of sp³-hybridized carbons (Fsp3) is 0.407. The van der Waals surface area contributed by atoms with Gasteiger partial charge in [-0.05, 0) is 79.5 Å². The van der Waals surface area contributed by atoms with Crippen LogP contribution < -0.4 is 5.32 Å². The highest BCUT2D eigenvalue weighted by Gasteiger charge is 2.49. The summed E-state index contributed by atoms with van der Waals surface area (Å²) in [6.07, 6.45) is 0.937. The van der Waals surface area contributed by atoms with Gasteiger partial charge in [0.2, 0.25) is 5.95 Å². The number of carbonyl (C=O) groups is 1. The van der Waals surface area contributed by atoms with Crippen LogP contribution in [0.15, 0.2) is 42.7 Å². The van der Waals surface area contributed by atoms with E-state index in [-0.39, 0.29) is 18.8 Å². The van der Waals surface area contributed by atoms with E-state index in [0.717, 1.165) is 33.8 Å². The van der Waals surface area contributed by atoms with Gasteiger partial charge in [0, 0.05) is 18.1 Å². The Kier molecular flexibility index (Phi) is 7.37. The second kappa shape index (κ2) is 10.1. The van der Waals surface area contributed by atoms with E-state index in [0.29, 0.717) is 17.1 Å². The van der Waals surface area contributed by atoms with Crippen molar-refractivity contribution >= 4 is 34.5 Å². The monoisotopic (exact) mass is 546 g/mol. The van der Waals surface area contributed by atoms with E-state index in [1.807, 2.05) is 39.8 Å². The number of carboxylic acids is 1. The minimum Gasteiger partial charge on any atom is -0.481 e. The maximum absolute atomic E-state index is 13.1. The van der Waals surface area contributed by atoms with Crippen LogP contribution in [0.2, 0.25) is 0 Å². The van der Waals surface area contributed by atoms with Crippen LogP contribution >= 0.6 is 11.3 Å². The van der Waals surface area contributed by atoms with Crippen LogP contribution in [0, 0.1) is 11.3 Å². The zero-order valence-electron chi connectivity index (χ0n) is 21.4. The molecule has 38 heavy (non-hydrogen) atoms. The molecule has 1 saturated carbocycles. The van der Waals surface area contributed by atoms with Crippen LogP contribution in [0.3, 0.4) is 0 Å². The lowest BCUT2D eigenvalue weighted by molar-refractivity contribution is -0.154. The van der Waals surface area contributed by atoms with E-state index in [1.54, 1.807) is 18.3 Å². The molecule has 0 unspecified atom stereocenters. The van der Waals surface area contributed by atoms with Crippen molar-refractivity contribution in [3.63, 3.8) is 0 Å². The van der Waals surface area contributed by atoms with Crippen molar-refractivity contribution in [2.24, 2.45) is 11.3 Å². The number of nitrogens with zero attached hydrogens (tertiary/aromatic N) is 3. The molecule has 2 aromatic heterocycles. The van der Waals surface area contributed by atoms with Crippen LogP contribution in [0.5, 0.6) is 0 Å². The molecule has 0 amide bonds. The van der Waals surface area contributed by atoms with Crippen molar-refractivity contribution in [3.8, 4) is 10.4 Å². The van der Waals surface area contributed by atoms with E-state index >= 15 is 0 Å². The number of aliphatic hydroxyl groups is 1. The van der Waals surface area contributed by atoms with Crippen LogP contribution in [0.1, 0.15) is 63.2 Å². The zero-order chi connectivity index (χ0) is 27.9. The van der Waals surface area contributed by atoms with Gasteiger partial charge in [-0.1, -0.05) is 19.9 Å². The average Bonchev–Trinajstić information content (AvgIpc) is 3.33. The molecule has 4 rings (SSSR count). The number of aliphatic carboxylic acids is 1. The van der Waals surface area contributed by atoms with Gasteiger partial charge in [0.25, 0.3) is 0 Å². The highest BCUT2D eigenvalue weighted by molar-refractivity contribution is 7.15. The Bertz CT molecular complexity index is 1390. The molecule has 0 bridgehead atoms. The van der Waals surface area contributed by atoms with Crippen LogP contribution in [-0.2, 0) is 16.6 Å². The predicted molar refractivity (Wildman–Crippen MR) is 140 cm³/mol. The first-order valence-corrected chi connectivity index (χ1v) is 12.9. The third-order valence-corrected chi connectivity index (χ3v) is 8.29. The number of nitrogens with one attached hydrogen (secondary N) is 1. The summed E-state index contributed by atoms with van der Waals surface area (Å²) < 4.78 is 39.4. The molecule has 202 valence electrons. The van der Waals surface area contributed by atoms with E-state index in [2.05, 4.69) is 20.3 Å². The normalized spacial score (nSPS) is 21.8. The SMILES string of the molecule is C/C=C(/C)c1cc(Nc2nccc(C(F)(F)F)n2)cc(-c2cnc([C@@]3(O)CC[C@H](C(=O)O)C(C)(C)C3)s2)c1. The standard InChI is InChI=1S/C27H29F3N4O3S/c1-5-15(2)16-10-17(12-18(11-16)33-24-31-9-7-21(34-24)27(28,29)30)20-13-32-23(38-20)26(37)8-6-19(22(35)36)25(3,4)14-26/h5,7,9-13,19,37H,6,8,14H2,1-4H3,(H,35,36)(H,31,33,34)/b15-5-/t19-,26-/m1/s1. The number of carboxylic acid groups (broad SMARTS) is 1. The number of thiazole rings is 1. The van der Waals surface area contributed by atoms with Gasteiger partial charge >= 0.3 is 12.1 Å². The molecular weight excluding hydrogens is 517 g/mol. The summed E-state index contributed by atoms with van der Waals surface area (Å²) >= 11 is 1.31. The minimum atomic E-state index is -4.59. The van der Waals surface area contributed by atoms with Crippen LogP contribution in [0.25, 0.3) is 16.0 Å². The first-order valence-electron chi connectivity index (χ1n) is 12.1. The first kappa shape index (κ1) is 27.7. The highest BCUT2D eigenvalue weighted by atomic mass is 32.1. The maximum atomic E-state index is 13.1. The molecule has 3 aromatic rings. The topological polar surface area (TPSA) is 108 Å². The lowest BCUT2D eigenvalue weighted by Gasteiger charge is -2.44. The van der Waals surface area contributed by atoms with E-state index in [1.165, 1.54) is 11.3 Å².